The highest BCUT2D eigenvalue weighted by Gasteiger charge is 2.30. The number of unbranched alkanes of at least 4 members (excludes halogenated alkanes) is 5. The van der Waals surface area contributed by atoms with Crippen LogP contribution in [0.4, 0.5) is 0 Å². The van der Waals surface area contributed by atoms with Gasteiger partial charge in [0, 0.05) is 5.54 Å². The van der Waals surface area contributed by atoms with Crippen LogP contribution in [0.25, 0.3) is 0 Å². The molecular formula is C21H39NO. The van der Waals surface area contributed by atoms with E-state index in [-0.39, 0.29) is 11.0 Å². The molecule has 23 heavy (non-hydrogen) atoms. The van der Waals surface area contributed by atoms with Gasteiger partial charge in [-0.15, -0.1) is 0 Å². The van der Waals surface area contributed by atoms with Crippen molar-refractivity contribution in [1.82, 2.24) is 0 Å². The predicted octanol–water partition coefficient (Wildman–Crippen LogP) is 5.29. The van der Waals surface area contributed by atoms with Crippen LogP contribution < -0.4 is 5.73 Å². The fourth-order valence-electron chi connectivity index (χ4n) is 3.49. The molecule has 1 rings (SSSR count). The number of benzene rings is 1. The summed E-state index contributed by atoms with van der Waals surface area (Å²) in [6, 6.07) is 10.9. The Morgan fingerprint density at radius 2 is 1.43 bits per heavy atom. The maximum Gasteiger partial charge on any atom is 0.0180 e. The molecule has 134 valence electrons. The lowest BCUT2D eigenvalue weighted by atomic mass is 9.74. The van der Waals surface area contributed by atoms with Crippen molar-refractivity contribution < 1.29 is 5.48 Å². The van der Waals surface area contributed by atoms with Gasteiger partial charge in [0.15, 0.2) is 0 Å². The molecule has 0 aliphatic rings. The molecule has 4 N–H and O–H groups in total. The molecule has 1 atom stereocenters. The molecule has 1 unspecified atom stereocenters. The van der Waals surface area contributed by atoms with Gasteiger partial charge >= 0.3 is 0 Å². The Labute approximate surface area is 144 Å². The maximum atomic E-state index is 6.75. The fraction of sp³-hybridized carbons (Fsp3) is 0.714. The smallest absolute Gasteiger partial charge is 0.0180 e. The molecule has 0 aliphatic heterocycles. The molecule has 0 aliphatic carbocycles. The lowest BCUT2D eigenvalue weighted by molar-refractivity contribution is 0.229. The van der Waals surface area contributed by atoms with Crippen LogP contribution in [0.5, 0.6) is 0 Å². The van der Waals surface area contributed by atoms with Gasteiger partial charge in [0.25, 0.3) is 0 Å². The van der Waals surface area contributed by atoms with E-state index in [9.17, 15) is 0 Å². The van der Waals surface area contributed by atoms with Gasteiger partial charge in [-0.25, -0.2) is 0 Å². The lowest BCUT2D eigenvalue weighted by Gasteiger charge is -2.36. The molecule has 0 saturated heterocycles. The van der Waals surface area contributed by atoms with Crippen molar-refractivity contribution in [2.75, 3.05) is 0 Å². The Kier molecular flexibility index (Phi) is 12.1. The van der Waals surface area contributed by atoms with Gasteiger partial charge in [0.05, 0.1) is 0 Å². The summed E-state index contributed by atoms with van der Waals surface area (Å²) in [5.41, 5.74) is 8.19. The highest BCUT2D eigenvalue weighted by atomic mass is 16.0. The second-order valence-corrected chi connectivity index (χ2v) is 6.88. The van der Waals surface area contributed by atoms with Crippen molar-refractivity contribution in [1.29, 1.82) is 0 Å². The van der Waals surface area contributed by atoms with Crippen LogP contribution in [0.15, 0.2) is 30.3 Å². The van der Waals surface area contributed by atoms with Gasteiger partial charge in [-0.2, -0.15) is 0 Å². The minimum atomic E-state index is -0.000734. The molecule has 0 fully saturated rings. The summed E-state index contributed by atoms with van der Waals surface area (Å²) in [5.74, 6) is 0.607. The quantitative estimate of drug-likeness (QED) is 0.522. The zero-order valence-corrected chi connectivity index (χ0v) is 15.6. The third-order valence-electron chi connectivity index (χ3n) is 5.36. The number of nitrogens with two attached hydrogens (primary N) is 1. The molecule has 2 nitrogen and oxygen atoms in total. The first-order valence-electron chi connectivity index (χ1n) is 9.49. The van der Waals surface area contributed by atoms with Crippen molar-refractivity contribution >= 4 is 0 Å². The van der Waals surface area contributed by atoms with Gasteiger partial charge in [0.1, 0.15) is 0 Å². The van der Waals surface area contributed by atoms with Gasteiger partial charge in [-0.1, -0.05) is 89.6 Å². The molecule has 0 saturated carbocycles. The largest absolute Gasteiger partial charge is 0.412 e. The summed E-state index contributed by atoms with van der Waals surface area (Å²) >= 11 is 0. The van der Waals surface area contributed by atoms with E-state index in [0.29, 0.717) is 5.92 Å². The summed E-state index contributed by atoms with van der Waals surface area (Å²) in [5, 5.41) is 0. The zero-order chi connectivity index (χ0) is 16.3. The first-order valence-corrected chi connectivity index (χ1v) is 9.49. The first-order chi connectivity index (χ1) is 10.7. The monoisotopic (exact) mass is 321 g/mol. The van der Waals surface area contributed by atoms with E-state index < -0.39 is 0 Å². The second-order valence-electron chi connectivity index (χ2n) is 6.88. The van der Waals surface area contributed by atoms with Gasteiger partial charge in [0.2, 0.25) is 0 Å². The summed E-state index contributed by atoms with van der Waals surface area (Å²) in [6.45, 7) is 6.78. The van der Waals surface area contributed by atoms with Gasteiger partial charge < -0.3 is 11.2 Å². The van der Waals surface area contributed by atoms with E-state index >= 15 is 0 Å². The van der Waals surface area contributed by atoms with Crippen molar-refractivity contribution in [2.45, 2.75) is 90.5 Å². The van der Waals surface area contributed by atoms with Crippen LogP contribution >= 0.6 is 0 Å². The van der Waals surface area contributed by atoms with E-state index in [2.05, 4.69) is 51.1 Å². The number of hydrogen-bond acceptors (Lipinski definition) is 1. The van der Waals surface area contributed by atoms with Crippen LogP contribution in [-0.2, 0) is 6.42 Å². The van der Waals surface area contributed by atoms with Crippen molar-refractivity contribution in [3.63, 3.8) is 0 Å². The van der Waals surface area contributed by atoms with E-state index in [1.54, 1.807) is 0 Å². The summed E-state index contributed by atoms with van der Waals surface area (Å²) in [6.07, 6.45) is 12.8. The minimum Gasteiger partial charge on any atom is -0.412 e. The Bertz CT molecular complexity index is 373. The highest BCUT2D eigenvalue weighted by Crippen LogP contribution is 2.30. The molecule has 1 aromatic carbocycles. The molecule has 0 radical (unpaired) electrons. The average molecular weight is 322 g/mol. The van der Waals surface area contributed by atoms with Gasteiger partial charge in [-0.3, -0.25) is 0 Å². The highest BCUT2D eigenvalue weighted by molar-refractivity contribution is 5.16. The summed E-state index contributed by atoms with van der Waals surface area (Å²) in [7, 11) is 0. The Balaban J connectivity index is 0.00000484. The molecule has 0 bridgehead atoms. The minimum absolute atomic E-state index is 0. The van der Waals surface area contributed by atoms with Crippen LogP contribution in [0, 0.1) is 5.92 Å². The fourth-order valence-corrected chi connectivity index (χ4v) is 3.49. The van der Waals surface area contributed by atoms with Crippen LogP contribution in [0.3, 0.4) is 0 Å². The Morgan fingerprint density at radius 3 is 2.00 bits per heavy atom. The molecular weight excluding hydrogens is 282 g/mol. The maximum absolute atomic E-state index is 6.75. The number of hydrogen-bond donors (Lipinski definition) is 1. The van der Waals surface area contributed by atoms with E-state index in [1.165, 1.54) is 50.5 Å². The first kappa shape index (κ1) is 22.1. The standard InChI is InChI=1S/C21H37N.H2O/c1-4-7-8-9-10-14-17-20(21(22,5-2)6-3)18-19-15-12-11-13-16-19;/h11-13,15-16,20H,4-10,14,17-18,22H2,1-3H3;1H2. The molecule has 0 aromatic heterocycles. The van der Waals surface area contributed by atoms with E-state index in [0.717, 1.165) is 19.3 Å². The molecule has 0 heterocycles. The predicted molar refractivity (Wildman–Crippen MR) is 103 cm³/mol. The normalized spacial score (nSPS) is 12.7. The topological polar surface area (TPSA) is 57.5 Å². The van der Waals surface area contributed by atoms with Crippen molar-refractivity contribution in [3.8, 4) is 0 Å². The molecule has 2 heteroatoms. The van der Waals surface area contributed by atoms with E-state index in [4.69, 9.17) is 5.73 Å². The number of rotatable bonds is 12. The summed E-state index contributed by atoms with van der Waals surface area (Å²) < 4.78 is 0. The van der Waals surface area contributed by atoms with Crippen molar-refractivity contribution in [3.05, 3.63) is 35.9 Å². The third-order valence-corrected chi connectivity index (χ3v) is 5.36. The van der Waals surface area contributed by atoms with E-state index in [1.807, 2.05) is 0 Å². The van der Waals surface area contributed by atoms with Crippen LogP contribution in [0.1, 0.15) is 84.1 Å². The van der Waals surface area contributed by atoms with Crippen LogP contribution in [-0.4, -0.2) is 11.0 Å². The summed E-state index contributed by atoms with van der Waals surface area (Å²) in [4.78, 5) is 0. The SMILES string of the molecule is CCCCCCCCC(Cc1ccccc1)C(N)(CC)CC.O. The Morgan fingerprint density at radius 1 is 0.870 bits per heavy atom. The lowest BCUT2D eigenvalue weighted by Crippen LogP contribution is -2.47. The molecule has 0 amide bonds. The zero-order valence-electron chi connectivity index (χ0n) is 15.6. The molecule has 0 spiro atoms. The average Bonchev–Trinajstić information content (AvgIpc) is 2.57. The van der Waals surface area contributed by atoms with Gasteiger partial charge in [-0.05, 0) is 37.2 Å². The Hall–Kier alpha value is -0.860. The molecule has 1 aromatic rings. The van der Waals surface area contributed by atoms with Crippen LogP contribution in [0.2, 0.25) is 0 Å². The third kappa shape index (κ3) is 7.99. The van der Waals surface area contributed by atoms with Crippen molar-refractivity contribution in [2.24, 2.45) is 11.7 Å². The second kappa shape index (κ2) is 12.5.